The average molecular weight is 267 g/mol. The molecule has 0 aliphatic carbocycles. The summed E-state index contributed by atoms with van der Waals surface area (Å²) in [4.78, 5) is 11.8. The van der Waals surface area contributed by atoms with Gasteiger partial charge in [0, 0.05) is 23.4 Å². The number of anilines is 1. The van der Waals surface area contributed by atoms with E-state index >= 15 is 0 Å². The molecule has 0 aliphatic rings. The molecule has 2 aromatic rings. The second kappa shape index (κ2) is 6.52. The molecule has 102 valence electrons. The fourth-order valence-electron chi connectivity index (χ4n) is 1.75. The molecule has 4 heteroatoms. The lowest BCUT2D eigenvalue weighted by atomic mass is 10.0. The molecule has 3 N–H and O–H groups in total. The second-order valence-corrected chi connectivity index (χ2v) is 4.54. The number of nitrogens with zero attached hydrogens (tertiary/aromatic N) is 1. The average Bonchev–Trinajstić information content (AvgIpc) is 2.48. The molecule has 0 bridgehead atoms. The van der Waals surface area contributed by atoms with E-state index in [1.165, 1.54) is 0 Å². The number of hydrogen-bond acceptors (Lipinski definition) is 3. The van der Waals surface area contributed by atoms with Gasteiger partial charge in [0.15, 0.2) is 0 Å². The fraction of sp³-hybridized carbons (Fsp3) is 0.125. The van der Waals surface area contributed by atoms with Crippen molar-refractivity contribution in [3.63, 3.8) is 0 Å². The van der Waals surface area contributed by atoms with Crippen LogP contribution in [-0.2, 0) is 0 Å². The Hall–Kier alpha value is -2.62. The van der Waals surface area contributed by atoms with Crippen LogP contribution in [0.4, 0.5) is 5.69 Å². The van der Waals surface area contributed by atoms with E-state index in [2.05, 4.69) is 10.5 Å². The number of hydrogen-bond donors (Lipinski definition) is 2. The molecular weight excluding hydrogens is 250 g/mol. The lowest BCUT2D eigenvalue weighted by Gasteiger charge is -2.05. The molecule has 20 heavy (non-hydrogen) atoms. The number of nitrogens with one attached hydrogen (secondary N) is 1. The predicted octanol–water partition coefficient (Wildman–Crippen LogP) is 2.79. The van der Waals surface area contributed by atoms with E-state index in [-0.39, 0.29) is 11.8 Å². The zero-order valence-corrected chi connectivity index (χ0v) is 11.3. The first-order valence-electron chi connectivity index (χ1n) is 6.41. The van der Waals surface area contributed by atoms with Gasteiger partial charge in [-0.2, -0.15) is 5.10 Å². The Bertz CT molecular complexity index is 591. The molecule has 0 fully saturated rings. The Morgan fingerprint density at radius 1 is 1.15 bits per heavy atom. The Balaban J connectivity index is 1.93. The quantitative estimate of drug-likeness (QED) is 0.508. The Morgan fingerprint density at radius 2 is 1.80 bits per heavy atom. The van der Waals surface area contributed by atoms with Gasteiger partial charge in [-0.3, -0.25) is 4.79 Å². The van der Waals surface area contributed by atoms with E-state index in [0.29, 0.717) is 11.3 Å². The van der Waals surface area contributed by atoms with Gasteiger partial charge in [0.1, 0.15) is 0 Å². The minimum Gasteiger partial charge on any atom is -0.399 e. The Kier molecular flexibility index (Phi) is 4.50. The number of nitrogens with two attached hydrogens (primary N) is 1. The minimum absolute atomic E-state index is 0.142. The third-order valence-corrected chi connectivity index (χ3v) is 2.96. The molecule has 0 saturated heterocycles. The first-order valence-corrected chi connectivity index (χ1v) is 6.41. The van der Waals surface area contributed by atoms with E-state index in [1.54, 1.807) is 30.5 Å². The van der Waals surface area contributed by atoms with Gasteiger partial charge in [-0.15, -0.1) is 0 Å². The topological polar surface area (TPSA) is 67.5 Å². The first-order chi connectivity index (χ1) is 9.66. The smallest absolute Gasteiger partial charge is 0.271 e. The van der Waals surface area contributed by atoms with Gasteiger partial charge >= 0.3 is 0 Å². The van der Waals surface area contributed by atoms with Crippen molar-refractivity contribution in [1.29, 1.82) is 0 Å². The van der Waals surface area contributed by atoms with Crippen LogP contribution >= 0.6 is 0 Å². The zero-order valence-electron chi connectivity index (χ0n) is 11.3. The van der Waals surface area contributed by atoms with Crippen LogP contribution in [0.2, 0.25) is 0 Å². The van der Waals surface area contributed by atoms with Gasteiger partial charge in [-0.05, 0) is 29.8 Å². The summed E-state index contributed by atoms with van der Waals surface area (Å²) in [6, 6.07) is 16.7. The normalized spacial score (nSPS) is 12.2. The largest absolute Gasteiger partial charge is 0.399 e. The standard InChI is InChI=1S/C16H17N3O/c1-12(13-5-3-2-4-6-13)11-18-19-16(20)14-7-9-15(17)10-8-14/h2-12H,17H2,1H3,(H,19,20)/b18-11-/t12-/m1/s1. The summed E-state index contributed by atoms with van der Waals surface area (Å²) in [5, 5.41) is 3.99. The highest BCUT2D eigenvalue weighted by Gasteiger charge is 2.04. The van der Waals surface area contributed by atoms with E-state index in [1.807, 2.05) is 37.3 Å². The summed E-state index contributed by atoms with van der Waals surface area (Å²) in [6.07, 6.45) is 1.71. The first kappa shape index (κ1) is 13.8. The molecule has 0 spiro atoms. The molecule has 1 atom stereocenters. The number of carbonyl (C=O) groups is 1. The fourth-order valence-corrected chi connectivity index (χ4v) is 1.75. The molecule has 0 radical (unpaired) electrons. The van der Waals surface area contributed by atoms with Crippen LogP contribution in [0.15, 0.2) is 59.7 Å². The maximum atomic E-state index is 11.8. The number of rotatable bonds is 4. The van der Waals surface area contributed by atoms with E-state index < -0.39 is 0 Å². The summed E-state index contributed by atoms with van der Waals surface area (Å²) >= 11 is 0. The van der Waals surface area contributed by atoms with Gasteiger partial charge in [0.05, 0.1) is 0 Å². The van der Waals surface area contributed by atoms with Crippen LogP contribution in [-0.4, -0.2) is 12.1 Å². The molecule has 0 aromatic heterocycles. The van der Waals surface area contributed by atoms with Crippen molar-refractivity contribution in [2.75, 3.05) is 5.73 Å². The number of nitrogen functional groups attached to an aromatic ring is 1. The van der Waals surface area contributed by atoms with Gasteiger partial charge in [0.2, 0.25) is 0 Å². The Morgan fingerprint density at radius 3 is 2.45 bits per heavy atom. The molecule has 0 heterocycles. The second-order valence-electron chi connectivity index (χ2n) is 4.54. The summed E-state index contributed by atoms with van der Waals surface area (Å²) in [7, 11) is 0. The molecule has 0 aliphatic heterocycles. The van der Waals surface area contributed by atoms with E-state index in [4.69, 9.17) is 5.73 Å². The van der Waals surface area contributed by atoms with Crippen molar-refractivity contribution in [3.05, 3.63) is 65.7 Å². The van der Waals surface area contributed by atoms with Crippen molar-refractivity contribution >= 4 is 17.8 Å². The zero-order chi connectivity index (χ0) is 14.4. The van der Waals surface area contributed by atoms with Crippen LogP contribution in [0.3, 0.4) is 0 Å². The van der Waals surface area contributed by atoms with Crippen LogP contribution < -0.4 is 11.2 Å². The van der Waals surface area contributed by atoms with Crippen molar-refractivity contribution in [1.82, 2.24) is 5.43 Å². The summed E-state index contributed by atoms with van der Waals surface area (Å²) < 4.78 is 0. The highest BCUT2D eigenvalue weighted by Crippen LogP contribution is 2.11. The summed E-state index contributed by atoms with van der Waals surface area (Å²) in [6.45, 7) is 2.02. The van der Waals surface area contributed by atoms with Gasteiger partial charge in [-0.1, -0.05) is 37.3 Å². The third kappa shape index (κ3) is 3.68. The van der Waals surface area contributed by atoms with Crippen molar-refractivity contribution < 1.29 is 4.79 Å². The minimum atomic E-state index is -0.249. The van der Waals surface area contributed by atoms with Crippen molar-refractivity contribution in [2.45, 2.75) is 12.8 Å². The van der Waals surface area contributed by atoms with Gasteiger partial charge in [0.25, 0.3) is 5.91 Å². The van der Waals surface area contributed by atoms with Crippen LogP contribution in [0.1, 0.15) is 28.8 Å². The lowest BCUT2D eigenvalue weighted by Crippen LogP contribution is -2.18. The van der Waals surface area contributed by atoms with Crippen LogP contribution in [0.5, 0.6) is 0 Å². The van der Waals surface area contributed by atoms with E-state index in [0.717, 1.165) is 5.56 Å². The molecule has 0 unspecified atom stereocenters. The molecule has 1 amide bonds. The van der Waals surface area contributed by atoms with Crippen LogP contribution in [0, 0.1) is 0 Å². The molecule has 2 aromatic carbocycles. The van der Waals surface area contributed by atoms with Gasteiger partial charge in [-0.25, -0.2) is 5.43 Å². The highest BCUT2D eigenvalue weighted by atomic mass is 16.2. The molecule has 0 saturated carbocycles. The number of carbonyl (C=O) groups excluding carboxylic acids is 1. The molecular formula is C16H17N3O. The maximum absolute atomic E-state index is 11.8. The lowest BCUT2D eigenvalue weighted by molar-refractivity contribution is 0.0955. The molecule has 4 nitrogen and oxygen atoms in total. The third-order valence-electron chi connectivity index (χ3n) is 2.96. The predicted molar refractivity (Wildman–Crippen MR) is 81.7 cm³/mol. The molecule has 2 rings (SSSR count). The highest BCUT2D eigenvalue weighted by molar-refractivity contribution is 5.94. The van der Waals surface area contributed by atoms with Crippen LogP contribution in [0.25, 0.3) is 0 Å². The van der Waals surface area contributed by atoms with Crippen molar-refractivity contribution in [3.8, 4) is 0 Å². The number of benzene rings is 2. The summed E-state index contributed by atoms with van der Waals surface area (Å²) in [5.74, 6) is -0.107. The SMILES string of the molecule is C[C@H](/C=N\NC(=O)c1ccc(N)cc1)c1ccccc1. The van der Waals surface area contributed by atoms with Gasteiger partial charge < -0.3 is 5.73 Å². The maximum Gasteiger partial charge on any atom is 0.271 e. The number of hydrazone groups is 1. The van der Waals surface area contributed by atoms with Crippen molar-refractivity contribution in [2.24, 2.45) is 5.10 Å². The Labute approximate surface area is 118 Å². The number of amides is 1. The monoisotopic (exact) mass is 267 g/mol. The van der Waals surface area contributed by atoms with E-state index in [9.17, 15) is 4.79 Å². The summed E-state index contributed by atoms with van der Waals surface area (Å²) in [5.41, 5.74) is 10.4.